The molecule has 6 heteroatoms. The van der Waals surface area contributed by atoms with Crippen LogP contribution in [0.4, 0.5) is 8.78 Å². The van der Waals surface area contributed by atoms with Gasteiger partial charge in [-0.3, -0.25) is 9.48 Å². The van der Waals surface area contributed by atoms with Gasteiger partial charge in [0.15, 0.2) is 11.6 Å². The molecule has 0 radical (unpaired) electrons. The Balaban J connectivity index is 2.12. The van der Waals surface area contributed by atoms with Crippen molar-refractivity contribution in [3.8, 4) is 11.1 Å². The Morgan fingerprint density at radius 3 is 2.67 bits per heavy atom. The molecule has 0 aliphatic carbocycles. The second kappa shape index (κ2) is 4.80. The lowest BCUT2D eigenvalue weighted by Crippen LogP contribution is -2.19. The topological polar surface area (TPSA) is 46.9 Å². The quantitative estimate of drug-likeness (QED) is 0.863. The van der Waals surface area contributed by atoms with Crippen LogP contribution in [0.1, 0.15) is 18.0 Å². The first-order valence-corrected chi connectivity index (χ1v) is 6.42. The fourth-order valence-corrected chi connectivity index (χ4v) is 2.50. The lowest BCUT2D eigenvalue weighted by Gasteiger charge is -2.15. The van der Waals surface area contributed by atoms with E-state index in [-0.39, 0.29) is 5.91 Å². The third kappa shape index (κ3) is 2.33. The molecule has 1 aliphatic heterocycles. The van der Waals surface area contributed by atoms with E-state index in [1.165, 1.54) is 0 Å². The van der Waals surface area contributed by atoms with Crippen LogP contribution in [0.25, 0.3) is 11.1 Å². The maximum absolute atomic E-state index is 13.6. The van der Waals surface area contributed by atoms with Crippen LogP contribution in [0.15, 0.2) is 36.7 Å². The zero-order valence-electron chi connectivity index (χ0n) is 11.4. The van der Waals surface area contributed by atoms with Gasteiger partial charge in [0.2, 0.25) is 5.91 Å². The summed E-state index contributed by atoms with van der Waals surface area (Å²) in [5.41, 5.74) is 2.14. The van der Waals surface area contributed by atoms with E-state index >= 15 is 0 Å². The first-order valence-electron chi connectivity index (χ1n) is 6.42. The van der Waals surface area contributed by atoms with Crippen LogP contribution in [0, 0.1) is 11.6 Å². The van der Waals surface area contributed by atoms with Crippen molar-refractivity contribution in [2.24, 2.45) is 7.05 Å². The molecule has 1 N–H and O–H groups in total. The minimum Gasteiger partial charge on any atom is -0.345 e. The summed E-state index contributed by atoms with van der Waals surface area (Å²) in [6.07, 6.45) is 3.65. The number of hydrogen-bond acceptors (Lipinski definition) is 2. The van der Waals surface area contributed by atoms with Gasteiger partial charge in [-0.15, -0.1) is 0 Å². The lowest BCUT2D eigenvalue weighted by atomic mass is 9.94. The first kappa shape index (κ1) is 13.5. The van der Waals surface area contributed by atoms with Crippen LogP contribution in [0.3, 0.4) is 0 Å². The molecule has 1 saturated heterocycles. The minimum atomic E-state index is -0.940. The second-order valence-corrected chi connectivity index (χ2v) is 5.09. The third-order valence-corrected chi connectivity index (χ3v) is 3.56. The monoisotopic (exact) mass is 289 g/mol. The average molecular weight is 289 g/mol. The van der Waals surface area contributed by atoms with Gasteiger partial charge >= 0.3 is 0 Å². The zero-order chi connectivity index (χ0) is 15.1. The molecular formula is C15H13F2N3O. The Labute approximate surface area is 120 Å². The van der Waals surface area contributed by atoms with Gasteiger partial charge in [0.05, 0.1) is 12.2 Å². The molecule has 4 nitrogen and oxygen atoms in total. The summed E-state index contributed by atoms with van der Waals surface area (Å²) in [6, 6.07) is 1.85. The summed E-state index contributed by atoms with van der Waals surface area (Å²) in [5, 5.41) is 6.77. The minimum absolute atomic E-state index is 0.262. The third-order valence-electron chi connectivity index (χ3n) is 3.56. The van der Waals surface area contributed by atoms with Crippen molar-refractivity contribution in [1.82, 2.24) is 15.1 Å². The van der Waals surface area contributed by atoms with Crippen LogP contribution in [-0.2, 0) is 11.8 Å². The number of hydrogen-bond donors (Lipinski definition) is 1. The molecule has 108 valence electrons. The number of nitrogens with zero attached hydrogens (tertiary/aromatic N) is 2. The highest BCUT2D eigenvalue weighted by Crippen LogP contribution is 2.35. The van der Waals surface area contributed by atoms with Crippen LogP contribution < -0.4 is 5.32 Å². The van der Waals surface area contributed by atoms with Gasteiger partial charge in [0.25, 0.3) is 0 Å². The molecule has 0 saturated carbocycles. The van der Waals surface area contributed by atoms with E-state index in [2.05, 4.69) is 17.0 Å². The highest BCUT2D eigenvalue weighted by molar-refractivity contribution is 5.95. The number of nitrogens with one attached hydrogen (secondary N) is 1. The standard InChI is InChI=1S/C15H13F2N3O/c1-8-3-14(19-15(8)21)11-5-13(17)12(16)4-10(11)9-6-18-20(2)7-9/h4-7,14H,1,3H2,2H3,(H,19,21). The largest absolute Gasteiger partial charge is 0.345 e. The van der Waals surface area contributed by atoms with E-state index in [1.807, 2.05) is 0 Å². The van der Waals surface area contributed by atoms with Crippen molar-refractivity contribution in [1.29, 1.82) is 0 Å². The molecule has 0 bridgehead atoms. The second-order valence-electron chi connectivity index (χ2n) is 5.09. The fourth-order valence-electron chi connectivity index (χ4n) is 2.50. The van der Waals surface area contributed by atoms with Crippen LogP contribution in [0.5, 0.6) is 0 Å². The summed E-state index contributed by atoms with van der Waals surface area (Å²) in [4.78, 5) is 11.6. The molecule has 1 aliphatic rings. The highest BCUT2D eigenvalue weighted by Gasteiger charge is 2.29. The number of benzene rings is 1. The predicted molar refractivity (Wildman–Crippen MR) is 73.2 cm³/mol. The zero-order valence-corrected chi connectivity index (χ0v) is 11.4. The van der Waals surface area contributed by atoms with Gasteiger partial charge in [-0.05, 0) is 23.3 Å². The SMILES string of the molecule is C=C1CC(c2cc(F)c(F)cc2-c2cnn(C)c2)NC1=O. The molecule has 2 aromatic rings. The fraction of sp³-hybridized carbons (Fsp3) is 0.200. The van der Waals surface area contributed by atoms with Gasteiger partial charge in [0.1, 0.15) is 0 Å². The van der Waals surface area contributed by atoms with E-state index in [4.69, 9.17) is 0 Å². The van der Waals surface area contributed by atoms with Gasteiger partial charge in [-0.25, -0.2) is 8.78 Å². The molecule has 21 heavy (non-hydrogen) atoms. The van der Waals surface area contributed by atoms with Crippen molar-refractivity contribution in [3.63, 3.8) is 0 Å². The molecule has 1 amide bonds. The van der Waals surface area contributed by atoms with E-state index in [0.29, 0.717) is 28.7 Å². The number of rotatable bonds is 2. The molecule has 1 fully saturated rings. The van der Waals surface area contributed by atoms with Gasteiger partial charge in [-0.2, -0.15) is 5.10 Å². The summed E-state index contributed by atoms with van der Waals surface area (Å²) in [5.74, 6) is -2.13. The van der Waals surface area contributed by atoms with Crippen LogP contribution in [-0.4, -0.2) is 15.7 Å². The van der Waals surface area contributed by atoms with Crippen molar-refractivity contribution in [2.75, 3.05) is 0 Å². The molecule has 1 unspecified atom stereocenters. The number of aryl methyl sites for hydroxylation is 1. The summed E-state index contributed by atoms with van der Waals surface area (Å²) in [7, 11) is 1.74. The number of carbonyl (C=O) groups is 1. The summed E-state index contributed by atoms with van der Waals surface area (Å²) in [6.45, 7) is 3.66. The predicted octanol–water partition coefficient (Wildman–Crippen LogP) is 2.48. The molecule has 1 aromatic carbocycles. The Hall–Kier alpha value is -2.50. The highest BCUT2D eigenvalue weighted by atomic mass is 19.2. The molecule has 1 aromatic heterocycles. The van der Waals surface area contributed by atoms with Crippen LogP contribution in [0.2, 0.25) is 0 Å². The molecule has 0 spiro atoms. The van der Waals surface area contributed by atoms with Crippen molar-refractivity contribution in [3.05, 3.63) is 53.9 Å². The van der Waals surface area contributed by atoms with Gasteiger partial charge < -0.3 is 5.32 Å². The Morgan fingerprint density at radius 2 is 2.10 bits per heavy atom. The maximum Gasteiger partial charge on any atom is 0.247 e. The van der Waals surface area contributed by atoms with E-state index < -0.39 is 17.7 Å². The van der Waals surface area contributed by atoms with Crippen molar-refractivity contribution < 1.29 is 13.6 Å². The Morgan fingerprint density at radius 1 is 1.38 bits per heavy atom. The van der Waals surface area contributed by atoms with Crippen molar-refractivity contribution >= 4 is 5.91 Å². The smallest absolute Gasteiger partial charge is 0.247 e. The Kier molecular flexibility index (Phi) is 3.08. The molecule has 2 heterocycles. The number of amides is 1. The van der Waals surface area contributed by atoms with Gasteiger partial charge in [-0.1, -0.05) is 6.58 Å². The molecule has 1 atom stereocenters. The normalized spacial score (nSPS) is 18.1. The Bertz CT molecular complexity index is 735. The molecule has 3 rings (SSSR count). The number of halogens is 2. The number of aromatic nitrogens is 2. The molecular weight excluding hydrogens is 276 g/mol. The number of carbonyl (C=O) groups excluding carboxylic acids is 1. The van der Waals surface area contributed by atoms with Gasteiger partial charge in [0, 0.05) is 30.8 Å². The first-order chi connectivity index (χ1) is 9.95. The summed E-state index contributed by atoms with van der Waals surface area (Å²) < 4.78 is 28.8. The summed E-state index contributed by atoms with van der Waals surface area (Å²) >= 11 is 0. The van der Waals surface area contributed by atoms with E-state index in [9.17, 15) is 13.6 Å². The van der Waals surface area contributed by atoms with Crippen LogP contribution >= 0.6 is 0 Å². The average Bonchev–Trinajstić information content (AvgIpc) is 2.99. The van der Waals surface area contributed by atoms with E-state index in [0.717, 1.165) is 12.1 Å². The lowest BCUT2D eigenvalue weighted by molar-refractivity contribution is -0.116. The van der Waals surface area contributed by atoms with E-state index in [1.54, 1.807) is 24.1 Å². The maximum atomic E-state index is 13.6. The van der Waals surface area contributed by atoms with Crippen molar-refractivity contribution in [2.45, 2.75) is 12.5 Å².